The van der Waals surface area contributed by atoms with Crippen LogP contribution in [0.25, 0.3) is 0 Å². The minimum Gasteiger partial charge on any atom is -0.409 e. The van der Waals surface area contributed by atoms with Crippen LogP contribution in [0.2, 0.25) is 0 Å². The minimum atomic E-state index is -0.803. The molecule has 0 bridgehead atoms. The van der Waals surface area contributed by atoms with E-state index in [2.05, 4.69) is 45.1 Å². The molecule has 19 heavy (non-hydrogen) atoms. The standard InChI is InChI=1S/C14H25N3O2/c1-8-6-14(7-8,10(15)17-19)11(18)16-9-12(2,3)13(9,4)5/h8-9,19H,6-7H2,1-5H3,(H2,15,17)(H,16,18). The first-order valence-corrected chi connectivity index (χ1v) is 6.88. The second-order valence-corrected chi connectivity index (χ2v) is 7.43. The van der Waals surface area contributed by atoms with Gasteiger partial charge in [0.25, 0.3) is 0 Å². The summed E-state index contributed by atoms with van der Waals surface area (Å²) in [5, 5.41) is 15.1. The summed E-state index contributed by atoms with van der Waals surface area (Å²) in [4.78, 5) is 12.5. The first kappa shape index (κ1) is 14.2. The lowest BCUT2D eigenvalue weighted by atomic mass is 9.61. The van der Waals surface area contributed by atoms with E-state index >= 15 is 0 Å². The lowest BCUT2D eigenvalue weighted by Crippen LogP contribution is -2.57. The van der Waals surface area contributed by atoms with Gasteiger partial charge in [-0.1, -0.05) is 39.8 Å². The van der Waals surface area contributed by atoms with Gasteiger partial charge in [0.05, 0.1) is 0 Å². The Balaban J connectivity index is 2.12. The molecule has 0 saturated heterocycles. The number of nitrogens with one attached hydrogen (secondary N) is 1. The molecule has 2 saturated carbocycles. The number of carbonyl (C=O) groups is 1. The van der Waals surface area contributed by atoms with E-state index in [-0.39, 0.29) is 28.6 Å². The Bertz CT molecular complexity index is 420. The fourth-order valence-corrected chi connectivity index (χ4v) is 3.56. The lowest BCUT2D eigenvalue weighted by molar-refractivity contribution is -0.133. The Kier molecular flexibility index (Phi) is 2.88. The molecule has 108 valence electrons. The fraction of sp³-hybridized carbons (Fsp3) is 0.857. The molecule has 2 fully saturated rings. The van der Waals surface area contributed by atoms with Gasteiger partial charge in [0.15, 0.2) is 5.84 Å². The second kappa shape index (κ2) is 3.87. The fourth-order valence-electron chi connectivity index (χ4n) is 3.56. The highest BCUT2D eigenvalue weighted by Crippen LogP contribution is 2.63. The number of carbonyl (C=O) groups excluding carboxylic acids is 1. The van der Waals surface area contributed by atoms with Crippen LogP contribution >= 0.6 is 0 Å². The number of rotatable bonds is 3. The number of nitrogens with zero attached hydrogens (tertiary/aromatic N) is 1. The van der Waals surface area contributed by atoms with Crippen molar-refractivity contribution < 1.29 is 10.0 Å². The number of nitrogens with two attached hydrogens (primary N) is 1. The molecule has 2 aliphatic carbocycles. The van der Waals surface area contributed by atoms with E-state index in [4.69, 9.17) is 10.9 Å². The molecule has 4 N–H and O–H groups in total. The van der Waals surface area contributed by atoms with E-state index in [9.17, 15) is 4.79 Å². The van der Waals surface area contributed by atoms with Crippen molar-refractivity contribution in [1.29, 1.82) is 0 Å². The molecule has 2 aliphatic rings. The molecule has 0 aromatic heterocycles. The van der Waals surface area contributed by atoms with Gasteiger partial charge in [-0.25, -0.2) is 0 Å². The quantitative estimate of drug-likeness (QED) is 0.315. The van der Waals surface area contributed by atoms with Gasteiger partial charge in [-0.3, -0.25) is 4.79 Å². The third-order valence-electron chi connectivity index (χ3n) is 5.72. The van der Waals surface area contributed by atoms with Gasteiger partial charge in [-0.15, -0.1) is 0 Å². The Morgan fingerprint density at radius 2 is 1.74 bits per heavy atom. The zero-order valence-electron chi connectivity index (χ0n) is 12.4. The van der Waals surface area contributed by atoms with E-state index in [1.807, 2.05) is 0 Å². The average molecular weight is 267 g/mol. The molecule has 0 radical (unpaired) electrons. The van der Waals surface area contributed by atoms with E-state index in [1.165, 1.54) is 0 Å². The number of hydrogen-bond acceptors (Lipinski definition) is 3. The molecule has 5 nitrogen and oxygen atoms in total. The molecule has 0 heterocycles. The number of oxime groups is 1. The number of hydrogen-bond donors (Lipinski definition) is 3. The molecule has 0 aromatic carbocycles. The molecule has 0 unspecified atom stereocenters. The highest BCUT2D eigenvalue weighted by Gasteiger charge is 2.66. The van der Waals surface area contributed by atoms with Crippen LogP contribution in [-0.4, -0.2) is 23.0 Å². The van der Waals surface area contributed by atoms with Crippen molar-refractivity contribution in [3.63, 3.8) is 0 Å². The summed E-state index contributed by atoms with van der Waals surface area (Å²) in [6.07, 6.45) is 1.31. The summed E-state index contributed by atoms with van der Waals surface area (Å²) < 4.78 is 0. The second-order valence-electron chi connectivity index (χ2n) is 7.43. The van der Waals surface area contributed by atoms with E-state index in [0.29, 0.717) is 18.8 Å². The van der Waals surface area contributed by atoms with E-state index < -0.39 is 5.41 Å². The Morgan fingerprint density at radius 1 is 1.26 bits per heavy atom. The Labute approximate surface area is 114 Å². The summed E-state index contributed by atoms with van der Waals surface area (Å²) in [6, 6.07) is 0.145. The van der Waals surface area contributed by atoms with Crippen LogP contribution in [-0.2, 0) is 4.79 Å². The highest BCUT2D eigenvalue weighted by atomic mass is 16.4. The van der Waals surface area contributed by atoms with Crippen LogP contribution in [0, 0.1) is 22.2 Å². The van der Waals surface area contributed by atoms with E-state index in [1.54, 1.807) is 0 Å². The van der Waals surface area contributed by atoms with Gasteiger partial charge in [0.2, 0.25) is 5.91 Å². The van der Waals surface area contributed by atoms with Crippen LogP contribution in [0.5, 0.6) is 0 Å². The predicted molar refractivity (Wildman–Crippen MR) is 73.7 cm³/mol. The SMILES string of the molecule is CC1CC(C(=O)NC2C(C)(C)C2(C)C)(C(N)=NO)C1. The molecular weight excluding hydrogens is 242 g/mol. The normalized spacial score (nSPS) is 36.5. The van der Waals surface area contributed by atoms with Gasteiger partial charge in [0.1, 0.15) is 5.41 Å². The molecule has 0 aromatic rings. The Hall–Kier alpha value is -1.26. The van der Waals surface area contributed by atoms with Crippen LogP contribution < -0.4 is 11.1 Å². The summed E-state index contributed by atoms with van der Waals surface area (Å²) in [5.41, 5.74) is 5.12. The summed E-state index contributed by atoms with van der Waals surface area (Å²) in [6.45, 7) is 10.7. The average Bonchev–Trinajstić information content (AvgIpc) is 2.66. The lowest BCUT2D eigenvalue weighted by Gasteiger charge is -2.43. The molecule has 0 spiro atoms. The smallest absolute Gasteiger partial charge is 0.234 e. The molecule has 2 rings (SSSR count). The first-order chi connectivity index (χ1) is 8.59. The molecule has 1 amide bonds. The number of amides is 1. The van der Waals surface area contributed by atoms with Crippen molar-refractivity contribution in [3.8, 4) is 0 Å². The predicted octanol–water partition coefficient (Wildman–Crippen LogP) is 1.70. The highest BCUT2D eigenvalue weighted by molar-refractivity contribution is 6.08. The van der Waals surface area contributed by atoms with Crippen molar-refractivity contribution in [1.82, 2.24) is 5.32 Å². The maximum atomic E-state index is 12.5. The van der Waals surface area contributed by atoms with Crippen molar-refractivity contribution in [2.75, 3.05) is 0 Å². The van der Waals surface area contributed by atoms with Crippen molar-refractivity contribution >= 4 is 11.7 Å². The van der Waals surface area contributed by atoms with Gasteiger partial charge in [-0.2, -0.15) is 0 Å². The Morgan fingerprint density at radius 3 is 2.05 bits per heavy atom. The van der Waals surface area contributed by atoms with Crippen LogP contribution in [0.4, 0.5) is 0 Å². The zero-order valence-corrected chi connectivity index (χ0v) is 12.4. The van der Waals surface area contributed by atoms with Crippen molar-refractivity contribution in [2.24, 2.45) is 33.1 Å². The van der Waals surface area contributed by atoms with Gasteiger partial charge in [-0.05, 0) is 29.6 Å². The van der Waals surface area contributed by atoms with Gasteiger partial charge < -0.3 is 16.3 Å². The van der Waals surface area contributed by atoms with Gasteiger partial charge >= 0.3 is 0 Å². The van der Waals surface area contributed by atoms with Crippen molar-refractivity contribution in [3.05, 3.63) is 0 Å². The third kappa shape index (κ3) is 1.74. The summed E-state index contributed by atoms with van der Waals surface area (Å²) in [5.74, 6) is 0.384. The van der Waals surface area contributed by atoms with Crippen LogP contribution in [0.15, 0.2) is 5.16 Å². The van der Waals surface area contributed by atoms with Crippen LogP contribution in [0.1, 0.15) is 47.5 Å². The monoisotopic (exact) mass is 267 g/mol. The van der Waals surface area contributed by atoms with Gasteiger partial charge in [0, 0.05) is 6.04 Å². The summed E-state index contributed by atoms with van der Waals surface area (Å²) >= 11 is 0. The van der Waals surface area contributed by atoms with E-state index in [0.717, 1.165) is 0 Å². The topological polar surface area (TPSA) is 87.7 Å². The molecule has 0 aliphatic heterocycles. The van der Waals surface area contributed by atoms with Crippen LogP contribution in [0.3, 0.4) is 0 Å². The molecule has 5 heteroatoms. The largest absolute Gasteiger partial charge is 0.409 e. The number of amidine groups is 1. The maximum Gasteiger partial charge on any atom is 0.234 e. The minimum absolute atomic E-state index is 0.0411. The molecule has 0 atom stereocenters. The first-order valence-electron chi connectivity index (χ1n) is 6.88. The molecular formula is C14H25N3O2. The third-order valence-corrected chi connectivity index (χ3v) is 5.72. The zero-order chi connectivity index (χ0) is 14.6. The summed E-state index contributed by atoms with van der Waals surface area (Å²) in [7, 11) is 0. The maximum absolute atomic E-state index is 12.5. The van der Waals surface area contributed by atoms with Crippen molar-refractivity contribution in [2.45, 2.75) is 53.5 Å².